The molecular formula is C15H14O2S2. The van der Waals surface area contributed by atoms with Gasteiger partial charge >= 0.3 is 0 Å². The molecule has 0 atom stereocenters. The van der Waals surface area contributed by atoms with Crippen LogP contribution < -0.4 is 0 Å². The summed E-state index contributed by atoms with van der Waals surface area (Å²) in [6.07, 6.45) is 1.68. The van der Waals surface area contributed by atoms with E-state index in [0.29, 0.717) is 10.6 Å². The van der Waals surface area contributed by atoms with Gasteiger partial charge in [0.15, 0.2) is 9.84 Å². The molecule has 0 aliphatic heterocycles. The van der Waals surface area contributed by atoms with Gasteiger partial charge in [0.2, 0.25) is 0 Å². The molecule has 0 aliphatic rings. The molecule has 0 unspecified atom stereocenters. The number of hydrogen-bond acceptors (Lipinski definition) is 3. The molecule has 0 spiro atoms. The zero-order chi connectivity index (χ0) is 13.6. The highest BCUT2D eigenvalue weighted by Crippen LogP contribution is 2.18. The highest BCUT2D eigenvalue weighted by molar-refractivity contribution is 7.99. The Labute approximate surface area is 118 Å². The van der Waals surface area contributed by atoms with Crippen molar-refractivity contribution in [2.75, 3.05) is 5.75 Å². The SMILES string of the molecule is O=S(=O)(/C=C/CSc1ccccc1)c1ccccc1. The van der Waals surface area contributed by atoms with E-state index in [0.717, 1.165) is 4.90 Å². The van der Waals surface area contributed by atoms with Crippen LogP contribution in [0.5, 0.6) is 0 Å². The summed E-state index contributed by atoms with van der Waals surface area (Å²) in [6, 6.07) is 18.3. The molecule has 0 aromatic heterocycles. The van der Waals surface area contributed by atoms with E-state index >= 15 is 0 Å². The van der Waals surface area contributed by atoms with Crippen LogP contribution in [0.1, 0.15) is 0 Å². The van der Waals surface area contributed by atoms with E-state index in [9.17, 15) is 8.42 Å². The largest absolute Gasteiger partial charge is 0.219 e. The standard InChI is InChI=1S/C15H14O2S2/c16-19(17,15-10-5-2-6-11-15)13-7-12-18-14-8-3-1-4-9-14/h1-11,13H,12H2/b13-7+. The fourth-order valence-corrected chi connectivity index (χ4v) is 3.42. The summed E-state index contributed by atoms with van der Waals surface area (Å²) in [5, 5.41) is 1.28. The van der Waals surface area contributed by atoms with Gasteiger partial charge in [0, 0.05) is 16.1 Å². The van der Waals surface area contributed by atoms with Crippen LogP contribution in [0.15, 0.2) is 81.9 Å². The third-order valence-electron chi connectivity index (χ3n) is 2.44. The second-order valence-electron chi connectivity index (χ2n) is 3.85. The van der Waals surface area contributed by atoms with E-state index < -0.39 is 9.84 Å². The van der Waals surface area contributed by atoms with Crippen LogP contribution in [0.3, 0.4) is 0 Å². The Hall–Kier alpha value is -1.52. The molecule has 2 aromatic carbocycles. The molecule has 0 heterocycles. The van der Waals surface area contributed by atoms with E-state index in [2.05, 4.69) is 0 Å². The molecule has 2 nitrogen and oxygen atoms in total. The minimum absolute atomic E-state index is 0.330. The summed E-state index contributed by atoms with van der Waals surface area (Å²) in [5.74, 6) is 0.635. The first-order chi connectivity index (χ1) is 9.18. The van der Waals surface area contributed by atoms with E-state index in [1.807, 2.05) is 30.3 Å². The van der Waals surface area contributed by atoms with Crippen LogP contribution >= 0.6 is 11.8 Å². The average Bonchev–Trinajstić information content (AvgIpc) is 2.46. The maximum absolute atomic E-state index is 11.9. The van der Waals surface area contributed by atoms with Crippen LogP contribution in [0.25, 0.3) is 0 Å². The quantitative estimate of drug-likeness (QED) is 0.786. The number of thioether (sulfide) groups is 1. The van der Waals surface area contributed by atoms with Crippen LogP contribution in [-0.4, -0.2) is 14.2 Å². The second kappa shape index (κ2) is 6.59. The monoisotopic (exact) mass is 290 g/mol. The van der Waals surface area contributed by atoms with Crippen molar-refractivity contribution in [3.63, 3.8) is 0 Å². The normalized spacial score (nSPS) is 11.8. The first kappa shape index (κ1) is 13.9. The lowest BCUT2D eigenvalue weighted by atomic mass is 10.4. The molecule has 4 heteroatoms. The molecule has 0 aliphatic carbocycles. The second-order valence-corrected chi connectivity index (χ2v) is 6.78. The Balaban J connectivity index is 1.96. The third kappa shape index (κ3) is 4.26. The first-order valence-corrected chi connectivity index (χ1v) is 8.36. The van der Waals surface area contributed by atoms with Crippen LogP contribution in [0.2, 0.25) is 0 Å². The topological polar surface area (TPSA) is 34.1 Å². The number of sulfone groups is 1. The molecule has 2 rings (SSSR count). The van der Waals surface area contributed by atoms with E-state index in [1.165, 1.54) is 5.41 Å². The lowest BCUT2D eigenvalue weighted by Crippen LogP contribution is -1.95. The van der Waals surface area contributed by atoms with Gasteiger partial charge in [0.05, 0.1) is 4.90 Å². The van der Waals surface area contributed by atoms with Crippen molar-refractivity contribution in [2.45, 2.75) is 9.79 Å². The minimum atomic E-state index is -3.31. The highest BCUT2D eigenvalue weighted by Gasteiger charge is 2.08. The molecule has 0 saturated heterocycles. The molecule has 0 fully saturated rings. The van der Waals surface area contributed by atoms with Crippen LogP contribution in [0.4, 0.5) is 0 Å². The summed E-state index contributed by atoms with van der Waals surface area (Å²) in [5.41, 5.74) is 0. The molecule has 0 bridgehead atoms. The summed E-state index contributed by atoms with van der Waals surface area (Å²) < 4.78 is 23.9. The van der Waals surface area contributed by atoms with E-state index in [4.69, 9.17) is 0 Å². The Morgan fingerprint density at radius 3 is 2.11 bits per heavy atom. The summed E-state index contributed by atoms with van der Waals surface area (Å²) in [4.78, 5) is 1.46. The molecule has 0 saturated carbocycles. The van der Waals surface area contributed by atoms with E-state index in [1.54, 1.807) is 48.2 Å². The van der Waals surface area contributed by atoms with Gasteiger partial charge in [-0.15, -0.1) is 11.8 Å². The lowest BCUT2D eigenvalue weighted by Gasteiger charge is -1.98. The fourth-order valence-electron chi connectivity index (χ4n) is 1.52. The van der Waals surface area contributed by atoms with Gasteiger partial charge in [-0.05, 0) is 24.3 Å². The van der Waals surface area contributed by atoms with E-state index in [-0.39, 0.29) is 0 Å². The Morgan fingerprint density at radius 2 is 1.47 bits per heavy atom. The molecular weight excluding hydrogens is 276 g/mol. The fraction of sp³-hybridized carbons (Fsp3) is 0.0667. The third-order valence-corrected chi connectivity index (χ3v) is 4.88. The van der Waals surface area contributed by atoms with Gasteiger partial charge in [-0.3, -0.25) is 0 Å². The van der Waals surface area contributed by atoms with Crippen molar-refractivity contribution < 1.29 is 8.42 Å². The smallest absolute Gasteiger partial charge is 0.199 e. The Morgan fingerprint density at radius 1 is 0.895 bits per heavy atom. The number of rotatable bonds is 5. The van der Waals surface area contributed by atoms with Gasteiger partial charge < -0.3 is 0 Å². The van der Waals surface area contributed by atoms with Crippen molar-refractivity contribution >= 4 is 21.6 Å². The van der Waals surface area contributed by atoms with Crippen molar-refractivity contribution in [1.82, 2.24) is 0 Å². The van der Waals surface area contributed by atoms with Gasteiger partial charge in [0.25, 0.3) is 0 Å². The lowest BCUT2D eigenvalue weighted by molar-refractivity contribution is 0.604. The van der Waals surface area contributed by atoms with Gasteiger partial charge in [-0.1, -0.05) is 42.5 Å². The van der Waals surface area contributed by atoms with Crippen LogP contribution in [-0.2, 0) is 9.84 Å². The molecule has 0 amide bonds. The highest BCUT2D eigenvalue weighted by atomic mass is 32.2. The predicted molar refractivity (Wildman–Crippen MR) is 79.9 cm³/mol. The number of benzene rings is 2. The van der Waals surface area contributed by atoms with Crippen molar-refractivity contribution in [3.8, 4) is 0 Å². The predicted octanol–water partition coefficient (Wildman–Crippen LogP) is 3.77. The molecule has 0 N–H and O–H groups in total. The average molecular weight is 290 g/mol. The van der Waals surface area contributed by atoms with Crippen molar-refractivity contribution in [2.24, 2.45) is 0 Å². The maximum Gasteiger partial charge on any atom is 0.199 e. The Kier molecular flexibility index (Phi) is 4.82. The zero-order valence-electron chi connectivity index (χ0n) is 10.3. The van der Waals surface area contributed by atoms with Crippen molar-refractivity contribution in [1.29, 1.82) is 0 Å². The van der Waals surface area contributed by atoms with Gasteiger partial charge in [-0.2, -0.15) is 0 Å². The zero-order valence-corrected chi connectivity index (χ0v) is 11.9. The minimum Gasteiger partial charge on any atom is -0.219 e. The summed E-state index contributed by atoms with van der Waals surface area (Å²) >= 11 is 1.61. The van der Waals surface area contributed by atoms with Gasteiger partial charge in [-0.25, -0.2) is 8.42 Å². The number of hydrogen-bond donors (Lipinski definition) is 0. The van der Waals surface area contributed by atoms with Crippen molar-refractivity contribution in [3.05, 3.63) is 72.1 Å². The summed E-state index contributed by atoms with van der Waals surface area (Å²) in [6.45, 7) is 0. The Bertz CT molecular complexity index is 632. The van der Waals surface area contributed by atoms with Crippen LogP contribution in [0, 0.1) is 0 Å². The van der Waals surface area contributed by atoms with Gasteiger partial charge in [0.1, 0.15) is 0 Å². The molecule has 19 heavy (non-hydrogen) atoms. The summed E-state index contributed by atoms with van der Waals surface area (Å²) in [7, 11) is -3.31. The molecule has 2 aromatic rings. The maximum atomic E-state index is 11.9. The first-order valence-electron chi connectivity index (χ1n) is 5.83. The molecule has 98 valence electrons. The molecule has 0 radical (unpaired) electrons.